The van der Waals surface area contributed by atoms with Crippen molar-refractivity contribution in [3.63, 3.8) is 0 Å². The van der Waals surface area contributed by atoms with Crippen LogP contribution < -0.4 is 19.5 Å². The first-order valence-electron chi connectivity index (χ1n) is 8.42. The van der Waals surface area contributed by atoms with Gasteiger partial charge < -0.3 is 24.1 Å². The number of nitrogens with one attached hydrogen (secondary N) is 1. The molecule has 2 aromatic heterocycles. The third kappa shape index (κ3) is 4.25. The van der Waals surface area contributed by atoms with Gasteiger partial charge in [-0.2, -0.15) is 0 Å². The van der Waals surface area contributed by atoms with Crippen LogP contribution in [-0.2, 0) is 4.79 Å². The van der Waals surface area contributed by atoms with Crippen molar-refractivity contribution < 1.29 is 19.0 Å². The summed E-state index contributed by atoms with van der Waals surface area (Å²) in [7, 11) is 4.63. The number of hydrogen-bond donors (Lipinski definition) is 1. The van der Waals surface area contributed by atoms with Gasteiger partial charge in [0.25, 0.3) is 0 Å². The van der Waals surface area contributed by atoms with Crippen LogP contribution in [0.3, 0.4) is 0 Å². The highest BCUT2D eigenvalue weighted by Gasteiger charge is 2.20. The average Bonchev–Trinajstić information content (AvgIpc) is 3.39. The Morgan fingerprint density at radius 1 is 1.07 bits per heavy atom. The molecule has 27 heavy (non-hydrogen) atoms. The predicted octanol–water partition coefficient (Wildman–Crippen LogP) is 4.19. The lowest BCUT2D eigenvalue weighted by Gasteiger charge is -2.18. The van der Waals surface area contributed by atoms with Gasteiger partial charge in [-0.1, -0.05) is 6.07 Å². The third-order valence-corrected chi connectivity index (χ3v) is 5.16. The Balaban J connectivity index is 1.80. The number of thiophene rings is 1. The second-order valence-electron chi connectivity index (χ2n) is 5.83. The molecule has 0 radical (unpaired) electrons. The van der Waals surface area contributed by atoms with E-state index < -0.39 is 0 Å². The molecule has 0 bridgehead atoms. The van der Waals surface area contributed by atoms with Gasteiger partial charge in [0, 0.05) is 35.1 Å². The summed E-state index contributed by atoms with van der Waals surface area (Å²) in [4.78, 5) is 13.9. The van der Waals surface area contributed by atoms with Gasteiger partial charge in [-0.3, -0.25) is 4.79 Å². The molecule has 2 heterocycles. The van der Waals surface area contributed by atoms with Gasteiger partial charge in [0.05, 0.1) is 33.8 Å². The van der Waals surface area contributed by atoms with Crippen LogP contribution in [0.5, 0.6) is 17.2 Å². The number of hydrogen-bond acceptors (Lipinski definition) is 5. The minimum absolute atomic E-state index is 0.0537. The van der Waals surface area contributed by atoms with Crippen molar-refractivity contribution in [3.8, 4) is 17.2 Å². The molecular weight excluding hydrogens is 364 g/mol. The van der Waals surface area contributed by atoms with E-state index in [2.05, 4.69) is 5.32 Å². The maximum absolute atomic E-state index is 12.7. The van der Waals surface area contributed by atoms with Crippen LogP contribution in [-0.4, -0.2) is 31.8 Å². The van der Waals surface area contributed by atoms with E-state index in [9.17, 15) is 4.79 Å². The van der Waals surface area contributed by atoms with E-state index in [1.165, 1.54) is 0 Å². The van der Waals surface area contributed by atoms with E-state index in [4.69, 9.17) is 14.2 Å². The Morgan fingerprint density at radius 2 is 1.74 bits per heavy atom. The van der Waals surface area contributed by atoms with E-state index in [0.29, 0.717) is 29.4 Å². The van der Waals surface area contributed by atoms with Crippen molar-refractivity contribution in [1.82, 2.24) is 4.57 Å². The van der Waals surface area contributed by atoms with Crippen molar-refractivity contribution in [3.05, 3.63) is 59.0 Å². The van der Waals surface area contributed by atoms with Gasteiger partial charge in [-0.05, 0) is 23.6 Å². The fourth-order valence-electron chi connectivity index (χ4n) is 2.93. The summed E-state index contributed by atoms with van der Waals surface area (Å²) in [5.41, 5.74) is 0.590. The molecule has 0 aliphatic rings. The van der Waals surface area contributed by atoms with Crippen LogP contribution in [0.25, 0.3) is 0 Å². The van der Waals surface area contributed by atoms with Gasteiger partial charge in [0.2, 0.25) is 11.7 Å². The minimum atomic E-state index is -0.101. The topological polar surface area (TPSA) is 61.7 Å². The number of ether oxygens (including phenoxy) is 3. The lowest BCUT2D eigenvalue weighted by atomic mass is 10.1. The molecule has 0 aliphatic carbocycles. The number of aromatic nitrogens is 1. The van der Waals surface area contributed by atoms with Crippen LogP contribution in [0, 0.1) is 0 Å². The highest BCUT2D eigenvalue weighted by Crippen LogP contribution is 2.40. The van der Waals surface area contributed by atoms with E-state index in [-0.39, 0.29) is 11.9 Å². The van der Waals surface area contributed by atoms with Crippen LogP contribution in [0.2, 0.25) is 0 Å². The summed E-state index contributed by atoms with van der Waals surface area (Å²) in [5, 5.41) is 4.95. The fourth-order valence-corrected chi connectivity index (χ4v) is 3.76. The van der Waals surface area contributed by atoms with E-state index in [0.717, 1.165) is 4.88 Å². The zero-order chi connectivity index (χ0) is 19.2. The third-order valence-electron chi connectivity index (χ3n) is 4.19. The molecule has 3 rings (SSSR count). The van der Waals surface area contributed by atoms with Crippen molar-refractivity contribution >= 4 is 22.9 Å². The lowest BCUT2D eigenvalue weighted by Crippen LogP contribution is -2.19. The Labute approximate surface area is 162 Å². The number of rotatable bonds is 8. The van der Waals surface area contributed by atoms with Gasteiger partial charge in [-0.15, -0.1) is 11.3 Å². The highest BCUT2D eigenvalue weighted by molar-refractivity contribution is 7.10. The summed E-state index contributed by atoms with van der Waals surface area (Å²) in [6, 6.07) is 11.3. The Kier molecular flexibility index (Phi) is 6.03. The second-order valence-corrected chi connectivity index (χ2v) is 6.81. The molecule has 142 valence electrons. The molecule has 1 atom stereocenters. The normalized spacial score (nSPS) is 11.7. The fraction of sp³-hybridized carbons (Fsp3) is 0.250. The molecule has 7 heteroatoms. The van der Waals surface area contributed by atoms with E-state index >= 15 is 0 Å². The van der Waals surface area contributed by atoms with Gasteiger partial charge in [-0.25, -0.2) is 0 Å². The Hall–Kier alpha value is -2.93. The zero-order valence-electron chi connectivity index (χ0n) is 15.5. The Morgan fingerprint density at radius 3 is 2.26 bits per heavy atom. The maximum Gasteiger partial charge on any atom is 0.226 e. The predicted molar refractivity (Wildman–Crippen MR) is 106 cm³/mol. The first-order chi connectivity index (χ1) is 13.2. The number of nitrogens with zero attached hydrogens (tertiary/aromatic N) is 1. The summed E-state index contributed by atoms with van der Waals surface area (Å²) in [6.45, 7) is 0. The number of carbonyl (C=O) groups is 1. The summed E-state index contributed by atoms with van der Waals surface area (Å²) in [5.74, 6) is 1.37. The Bertz CT molecular complexity index is 816. The molecular formula is C20H22N2O4S. The van der Waals surface area contributed by atoms with Gasteiger partial charge in [0.15, 0.2) is 11.5 Å². The molecule has 0 saturated heterocycles. The van der Waals surface area contributed by atoms with E-state index in [1.807, 2.05) is 46.6 Å². The first-order valence-corrected chi connectivity index (χ1v) is 9.30. The number of benzene rings is 1. The van der Waals surface area contributed by atoms with Crippen LogP contribution >= 0.6 is 11.3 Å². The lowest BCUT2D eigenvalue weighted by molar-refractivity contribution is -0.116. The molecule has 1 unspecified atom stereocenters. The quantitative estimate of drug-likeness (QED) is 0.630. The SMILES string of the molecule is COc1cc(NC(=O)CC(c2cccs2)n2cccc2)cc(OC)c1OC. The molecule has 1 N–H and O–H groups in total. The summed E-state index contributed by atoms with van der Waals surface area (Å²) < 4.78 is 18.0. The largest absolute Gasteiger partial charge is 0.493 e. The molecule has 0 saturated carbocycles. The highest BCUT2D eigenvalue weighted by atomic mass is 32.1. The maximum atomic E-state index is 12.7. The molecule has 6 nitrogen and oxygen atoms in total. The van der Waals surface area contributed by atoms with Gasteiger partial charge >= 0.3 is 0 Å². The molecule has 1 amide bonds. The molecule has 1 aromatic carbocycles. The first kappa shape index (κ1) is 18.8. The monoisotopic (exact) mass is 386 g/mol. The summed E-state index contributed by atoms with van der Waals surface area (Å²) in [6.07, 6.45) is 4.25. The average molecular weight is 386 g/mol. The molecule has 3 aromatic rings. The number of amides is 1. The van der Waals surface area contributed by atoms with Crippen molar-refractivity contribution in [1.29, 1.82) is 0 Å². The van der Waals surface area contributed by atoms with Crippen molar-refractivity contribution in [2.24, 2.45) is 0 Å². The van der Waals surface area contributed by atoms with E-state index in [1.54, 1.807) is 44.8 Å². The van der Waals surface area contributed by atoms with Crippen LogP contribution in [0.4, 0.5) is 5.69 Å². The molecule has 0 aliphatic heterocycles. The van der Waals surface area contributed by atoms with Crippen LogP contribution in [0.1, 0.15) is 17.3 Å². The standard InChI is InChI=1S/C20H22N2O4S/c1-24-16-11-14(12-17(25-2)20(16)26-3)21-19(23)13-15(18-7-6-10-27-18)22-8-4-5-9-22/h4-12,15H,13H2,1-3H3,(H,21,23). The van der Waals surface area contributed by atoms with Crippen LogP contribution in [0.15, 0.2) is 54.2 Å². The zero-order valence-corrected chi connectivity index (χ0v) is 16.3. The number of carbonyl (C=O) groups excluding carboxylic acids is 1. The minimum Gasteiger partial charge on any atom is -0.493 e. The number of methoxy groups -OCH3 is 3. The van der Waals surface area contributed by atoms with Crippen molar-refractivity contribution in [2.45, 2.75) is 12.5 Å². The van der Waals surface area contributed by atoms with Gasteiger partial charge in [0.1, 0.15) is 0 Å². The molecule has 0 fully saturated rings. The second kappa shape index (κ2) is 8.64. The number of anilines is 1. The molecule has 0 spiro atoms. The smallest absolute Gasteiger partial charge is 0.226 e. The van der Waals surface area contributed by atoms with Crippen molar-refractivity contribution in [2.75, 3.05) is 26.6 Å². The summed E-state index contributed by atoms with van der Waals surface area (Å²) >= 11 is 1.64.